The lowest BCUT2D eigenvalue weighted by atomic mass is 10.2. The van der Waals surface area contributed by atoms with Crippen molar-refractivity contribution in [1.29, 1.82) is 0 Å². The first kappa shape index (κ1) is 12.4. The lowest BCUT2D eigenvalue weighted by Gasteiger charge is -2.10. The van der Waals surface area contributed by atoms with Crippen molar-refractivity contribution in [3.63, 3.8) is 0 Å². The number of thiophene rings is 1. The van der Waals surface area contributed by atoms with E-state index in [1.165, 1.54) is 4.88 Å². The Morgan fingerprint density at radius 1 is 1.32 bits per heavy atom. The van der Waals surface area contributed by atoms with Gasteiger partial charge in [0.2, 0.25) is 0 Å². The lowest BCUT2D eigenvalue weighted by molar-refractivity contribution is 0.803. The molecule has 0 spiro atoms. The summed E-state index contributed by atoms with van der Waals surface area (Å²) in [7, 11) is 0. The Morgan fingerprint density at radius 2 is 2.21 bits per heavy atom. The summed E-state index contributed by atoms with van der Waals surface area (Å²) in [6.45, 7) is 0.794. The van der Waals surface area contributed by atoms with Crippen molar-refractivity contribution in [2.45, 2.75) is 6.54 Å². The monoisotopic (exact) mass is 334 g/mol. The predicted octanol–water partition coefficient (Wildman–Crippen LogP) is 3.70. The summed E-state index contributed by atoms with van der Waals surface area (Å²) in [5.74, 6) is 0. The molecule has 0 amide bonds. The van der Waals surface area contributed by atoms with E-state index in [0.717, 1.165) is 22.4 Å². The van der Waals surface area contributed by atoms with Crippen LogP contribution in [-0.2, 0) is 6.54 Å². The Kier molecular flexibility index (Phi) is 3.61. The first-order chi connectivity index (χ1) is 9.33. The number of hydrogen-bond acceptors (Lipinski definition) is 4. The number of benzene rings is 1. The van der Waals surface area contributed by atoms with Crippen LogP contribution in [0.4, 0.5) is 5.69 Å². The normalized spacial score (nSPS) is 10.6. The highest BCUT2D eigenvalue weighted by molar-refractivity contribution is 9.10. The quantitative estimate of drug-likeness (QED) is 0.790. The van der Waals surface area contributed by atoms with Crippen LogP contribution < -0.4 is 5.32 Å². The molecular formula is C13H11BrN4S. The molecule has 0 unspecified atom stereocenters. The zero-order chi connectivity index (χ0) is 13.1. The third-order valence-electron chi connectivity index (χ3n) is 2.65. The minimum absolute atomic E-state index is 0.794. The molecule has 3 aromatic rings. The van der Waals surface area contributed by atoms with Gasteiger partial charge in [0.25, 0.3) is 0 Å². The minimum Gasteiger partial charge on any atom is -0.378 e. The number of para-hydroxylation sites is 2. The van der Waals surface area contributed by atoms with Gasteiger partial charge in [0.05, 0.1) is 23.8 Å². The van der Waals surface area contributed by atoms with Crippen LogP contribution in [0.2, 0.25) is 0 Å². The third kappa shape index (κ3) is 2.85. The average molecular weight is 335 g/mol. The van der Waals surface area contributed by atoms with E-state index in [-0.39, 0.29) is 0 Å². The Labute approximate surface area is 123 Å². The molecule has 0 atom stereocenters. The molecule has 1 aromatic carbocycles. The molecule has 0 saturated heterocycles. The second kappa shape index (κ2) is 5.54. The maximum Gasteiger partial charge on any atom is 0.0894 e. The first-order valence-electron chi connectivity index (χ1n) is 5.75. The van der Waals surface area contributed by atoms with Crippen molar-refractivity contribution in [3.05, 3.63) is 57.5 Å². The summed E-state index contributed by atoms with van der Waals surface area (Å²) in [4.78, 5) is 1.28. The second-order valence-electron chi connectivity index (χ2n) is 3.95. The van der Waals surface area contributed by atoms with Crippen LogP contribution in [0.3, 0.4) is 0 Å². The first-order valence-corrected chi connectivity index (χ1v) is 7.43. The number of halogens is 1. The standard InChI is InChI=1S/C13H11BrN4S/c14-10-7-11(19-9-10)8-15-12-3-1-2-4-13(12)18-6-5-16-17-18/h1-7,9,15H,8H2. The summed E-state index contributed by atoms with van der Waals surface area (Å²) in [5.41, 5.74) is 2.04. The Bertz CT molecular complexity index is 663. The van der Waals surface area contributed by atoms with Gasteiger partial charge in [-0.25, -0.2) is 4.68 Å². The zero-order valence-corrected chi connectivity index (χ0v) is 12.4. The highest BCUT2D eigenvalue weighted by atomic mass is 79.9. The van der Waals surface area contributed by atoms with Crippen molar-refractivity contribution in [1.82, 2.24) is 15.0 Å². The van der Waals surface area contributed by atoms with Gasteiger partial charge in [0, 0.05) is 21.3 Å². The number of nitrogens with one attached hydrogen (secondary N) is 1. The fourth-order valence-electron chi connectivity index (χ4n) is 1.79. The fourth-order valence-corrected chi connectivity index (χ4v) is 3.18. The second-order valence-corrected chi connectivity index (χ2v) is 5.86. The summed E-state index contributed by atoms with van der Waals surface area (Å²) in [6.07, 6.45) is 3.51. The summed E-state index contributed by atoms with van der Waals surface area (Å²) in [5, 5.41) is 13.4. The van der Waals surface area contributed by atoms with E-state index in [1.54, 1.807) is 22.2 Å². The number of anilines is 1. The molecule has 0 saturated carbocycles. The number of aromatic nitrogens is 3. The van der Waals surface area contributed by atoms with E-state index in [9.17, 15) is 0 Å². The van der Waals surface area contributed by atoms with Crippen LogP contribution in [0.5, 0.6) is 0 Å². The van der Waals surface area contributed by atoms with Crippen molar-refractivity contribution in [2.75, 3.05) is 5.32 Å². The Morgan fingerprint density at radius 3 is 2.95 bits per heavy atom. The molecule has 1 N–H and O–H groups in total. The van der Waals surface area contributed by atoms with Crippen molar-refractivity contribution < 1.29 is 0 Å². The molecule has 0 bridgehead atoms. The maximum absolute atomic E-state index is 4.03. The molecule has 2 heterocycles. The maximum atomic E-state index is 4.03. The van der Waals surface area contributed by atoms with E-state index >= 15 is 0 Å². The summed E-state index contributed by atoms with van der Waals surface area (Å²) < 4.78 is 2.88. The van der Waals surface area contributed by atoms with E-state index in [1.807, 2.05) is 30.5 Å². The van der Waals surface area contributed by atoms with Gasteiger partial charge in [0.1, 0.15) is 0 Å². The molecule has 0 aliphatic carbocycles. The van der Waals surface area contributed by atoms with Gasteiger partial charge in [-0.05, 0) is 34.1 Å². The van der Waals surface area contributed by atoms with Gasteiger partial charge < -0.3 is 5.32 Å². The van der Waals surface area contributed by atoms with Gasteiger partial charge in [-0.1, -0.05) is 17.3 Å². The molecule has 3 rings (SSSR count). The molecule has 4 nitrogen and oxygen atoms in total. The van der Waals surface area contributed by atoms with Crippen molar-refractivity contribution in [2.24, 2.45) is 0 Å². The molecule has 19 heavy (non-hydrogen) atoms. The molecule has 2 aromatic heterocycles. The molecule has 6 heteroatoms. The summed E-state index contributed by atoms with van der Waals surface area (Å²) in [6, 6.07) is 10.2. The van der Waals surface area contributed by atoms with Crippen molar-refractivity contribution >= 4 is 33.0 Å². The van der Waals surface area contributed by atoms with Crippen LogP contribution >= 0.6 is 27.3 Å². The molecular weight excluding hydrogens is 324 g/mol. The van der Waals surface area contributed by atoms with Gasteiger partial charge in [-0.2, -0.15) is 0 Å². The molecule has 0 radical (unpaired) electrons. The van der Waals surface area contributed by atoms with Crippen molar-refractivity contribution in [3.8, 4) is 5.69 Å². The van der Waals surface area contributed by atoms with E-state index < -0.39 is 0 Å². The Balaban J connectivity index is 1.81. The summed E-state index contributed by atoms with van der Waals surface area (Å²) >= 11 is 5.19. The molecule has 0 fully saturated rings. The highest BCUT2D eigenvalue weighted by Crippen LogP contribution is 2.23. The zero-order valence-electron chi connectivity index (χ0n) is 9.95. The molecule has 0 aliphatic heterocycles. The van der Waals surface area contributed by atoms with Crippen LogP contribution in [0.1, 0.15) is 4.88 Å². The van der Waals surface area contributed by atoms with Gasteiger partial charge >= 0.3 is 0 Å². The lowest BCUT2D eigenvalue weighted by Crippen LogP contribution is -2.04. The molecule has 96 valence electrons. The van der Waals surface area contributed by atoms with Gasteiger partial charge in [0.15, 0.2) is 0 Å². The number of hydrogen-bond donors (Lipinski definition) is 1. The van der Waals surface area contributed by atoms with E-state index in [0.29, 0.717) is 0 Å². The van der Waals surface area contributed by atoms with E-state index in [2.05, 4.69) is 43.0 Å². The SMILES string of the molecule is Brc1csc(CNc2ccccc2-n2ccnn2)c1. The van der Waals surface area contributed by atoms with Crippen LogP contribution in [-0.4, -0.2) is 15.0 Å². The third-order valence-corrected chi connectivity index (χ3v) is 4.35. The average Bonchev–Trinajstić information content (AvgIpc) is 3.08. The predicted molar refractivity (Wildman–Crippen MR) is 80.7 cm³/mol. The van der Waals surface area contributed by atoms with Crippen LogP contribution in [0.15, 0.2) is 52.6 Å². The number of nitrogens with zero attached hydrogens (tertiary/aromatic N) is 3. The van der Waals surface area contributed by atoms with Gasteiger partial charge in [-0.15, -0.1) is 16.4 Å². The van der Waals surface area contributed by atoms with E-state index in [4.69, 9.17) is 0 Å². The minimum atomic E-state index is 0.794. The fraction of sp³-hybridized carbons (Fsp3) is 0.0769. The molecule has 0 aliphatic rings. The van der Waals surface area contributed by atoms with Crippen LogP contribution in [0.25, 0.3) is 5.69 Å². The topological polar surface area (TPSA) is 42.7 Å². The largest absolute Gasteiger partial charge is 0.378 e. The highest BCUT2D eigenvalue weighted by Gasteiger charge is 2.05. The van der Waals surface area contributed by atoms with Gasteiger partial charge in [-0.3, -0.25) is 0 Å². The van der Waals surface area contributed by atoms with Crippen LogP contribution in [0, 0.1) is 0 Å². The Hall–Kier alpha value is -1.66. The smallest absolute Gasteiger partial charge is 0.0894 e. The number of rotatable bonds is 4.